The van der Waals surface area contributed by atoms with Crippen molar-refractivity contribution >= 4 is 17.2 Å². The van der Waals surface area contributed by atoms with Crippen LogP contribution in [0, 0.1) is 18.3 Å². The van der Waals surface area contributed by atoms with Gasteiger partial charge in [0.05, 0.1) is 23.4 Å². The van der Waals surface area contributed by atoms with E-state index in [9.17, 15) is 0 Å². The van der Waals surface area contributed by atoms with Crippen LogP contribution >= 0.6 is 0 Å². The number of aryl methyl sites for hydroxylation is 1. The lowest BCUT2D eigenvalue weighted by atomic mass is 10.1. The molecule has 2 aromatic rings. The quantitative estimate of drug-likeness (QED) is 0.898. The van der Waals surface area contributed by atoms with Crippen LogP contribution in [0.1, 0.15) is 25.0 Å². The van der Waals surface area contributed by atoms with Gasteiger partial charge < -0.3 is 15.8 Å². The van der Waals surface area contributed by atoms with Crippen LogP contribution in [-0.2, 0) is 0 Å². The second kappa shape index (κ2) is 6.14. The number of nitrogens with two attached hydrogens (primary N) is 1. The Morgan fingerprint density at radius 2 is 2.05 bits per heavy atom. The molecule has 1 aromatic carbocycles. The van der Waals surface area contributed by atoms with Gasteiger partial charge in [0.15, 0.2) is 0 Å². The Kier molecular flexibility index (Phi) is 4.29. The number of hydrogen-bond acceptors (Lipinski definition) is 5. The molecule has 0 aliphatic carbocycles. The van der Waals surface area contributed by atoms with Crippen molar-refractivity contribution in [1.82, 2.24) is 4.98 Å². The number of nitrogens with zero attached hydrogens (tertiary/aromatic N) is 2. The minimum absolute atomic E-state index is 0.00120. The summed E-state index contributed by atoms with van der Waals surface area (Å²) in [6.45, 7) is 5.80. The highest BCUT2D eigenvalue weighted by atomic mass is 16.5. The van der Waals surface area contributed by atoms with Gasteiger partial charge in [-0.2, -0.15) is 10.2 Å². The summed E-state index contributed by atoms with van der Waals surface area (Å²) in [6.07, 6.45) is -0.00120. The van der Waals surface area contributed by atoms with E-state index in [-0.39, 0.29) is 6.10 Å². The van der Waals surface area contributed by atoms with Gasteiger partial charge in [0.1, 0.15) is 5.82 Å². The third-order valence-electron chi connectivity index (χ3n) is 2.87. The molecule has 0 spiro atoms. The number of nitrogen functional groups attached to an aromatic ring is 1. The summed E-state index contributed by atoms with van der Waals surface area (Å²) in [6, 6.07) is 11.1. The topological polar surface area (TPSA) is 84.0 Å². The highest BCUT2D eigenvalue weighted by Gasteiger charge is 2.08. The second-order valence-electron chi connectivity index (χ2n) is 5.02. The average Bonchev–Trinajstić information content (AvgIpc) is 2.44. The van der Waals surface area contributed by atoms with Gasteiger partial charge in [0.2, 0.25) is 5.88 Å². The monoisotopic (exact) mass is 282 g/mol. The molecule has 0 fully saturated rings. The number of aromatic nitrogens is 1. The van der Waals surface area contributed by atoms with Gasteiger partial charge in [-0.15, -0.1) is 0 Å². The van der Waals surface area contributed by atoms with E-state index >= 15 is 0 Å². The maximum absolute atomic E-state index is 8.97. The average molecular weight is 282 g/mol. The van der Waals surface area contributed by atoms with Crippen molar-refractivity contribution in [2.45, 2.75) is 26.9 Å². The molecule has 0 saturated heterocycles. The van der Waals surface area contributed by atoms with Gasteiger partial charge in [-0.1, -0.05) is 6.07 Å². The molecule has 1 heterocycles. The number of nitrogens with one attached hydrogen (secondary N) is 1. The lowest BCUT2D eigenvalue weighted by molar-refractivity contribution is 0.234. The smallest absolute Gasteiger partial charge is 0.239 e. The van der Waals surface area contributed by atoms with Gasteiger partial charge in [-0.25, -0.2) is 0 Å². The summed E-state index contributed by atoms with van der Waals surface area (Å²) in [7, 11) is 0. The SMILES string of the molecule is Cc1ccc(C#N)cc1Nc1ccc(N)c(OC(C)C)n1. The minimum atomic E-state index is -0.00120. The van der Waals surface area contributed by atoms with Crippen molar-refractivity contribution in [3.05, 3.63) is 41.5 Å². The maximum Gasteiger partial charge on any atom is 0.239 e. The molecule has 0 aliphatic rings. The predicted octanol–water partition coefficient (Wildman–Crippen LogP) is 3.37. The molecule has 0 aliphatic heterocycles. The first-order chi connectivity index (χ1) is 9.99. The molecule has 108 valence electrons. The maximum atomic E-state index is 8.97. The van der Waals surface area contributed by atoms with E-state index in [1.54, 1.807) is 24.3 Å². The summed E-state index contributed by atoms with van der Waals surface area (Å²) in [5, 5.41) is 12.2. The van der Waals surface area contributed by atoms with Crippen LogP contribution in [0.3, 0.4) is 0 Å². The van der Waals surface area contributed by atoms with Gasteiger partial charge in [0.25, 0.3) is 0 Å². The van der Waals surface area contributed by atoms with Crippen LogP contribution in [0.4, 0.5) is 17.2 Å². The summed E-state index contributed by atoms with van der Waals surface area (Å²) in [4.78, 5) is 4.36. The van der Waals surface area contributed by atoms with Crippen LogP contribution in [0.25, 0.3) is 0 Å². The normalized spacial score (nSPS) is 10.2. The third kappa shape index (κ3) is 3.63. The Morgan fingerprint density at radius 1 is 1.29 bits per heavy atom. The van der Waals surface area contributed by atoms with Gasteiger partial charge in [-0.3, -0.25) is 0 Å². The zero-order chi connectivity index (χ0) is 15.4. The van der Waals surface area contributed by atoms with E-state index in [4.69, 9.17) is 15.7 Å². The molecule has 0 unspecified atom stereocenters. The summed E-state index contributed by atoms with van der Waals surface area (Å²) >= 11 is 0. The fourth-order valence-corrected chi connectivity index (χ4v) is 1.80. The lowest BCUT2D eigenvalue weighted by Crippen LogP contribution is -2.09. The number of hydrogen-bond donors (Lipinski definition) is 2. The molecule has 0 atom stereocenters. The number of benzene rings is 1. The molecule has 2 rings (SSSR count). The van der Waals surface area contributed by atoms with Crippen molar-refractivity contribution in [3.63, 3.8) is 0 Å². The largest absolute Gasteiger partial charge is 0.473 e. The van der Waals surface area contributed by atoms with E-state index < -0.39 is 0 Å². The highest BCUT2D eigenvalue weighted by Crippen LogP contribution is 2.26. The fourth-order valence-electron chi connectivity index (χ4n) is 1.80. The number of pyridine rings is 1. The molecule has 0 bridgehead atoms. The molecule has 0 saturated carbocycles. The summed E-state index contributed by atoms with van der Waals surface area (Å²) in [5.41, 5.74) is 8.80. The van der Waals surface area contributed by atoms with Crippen LogP contribution in [0.15, 0.2) is 30.3 Å². The Balaban J connectivity index is 2.30. The van der Waals surface area contributed by atoms with Gasteiger partial charge >= 0.3 is 0 Å². The van der Waals surface area contributed by atoms with E-state index in [0.29, 0.717) is 22.9 Å². The molecular formula is C16H18N4O. The second-order valence-corrected chi connectivity index (χ2v) is 5.02. The van der Waals surface area contributed by atoms with Crippen LogP contribution < -0.4 is 15.8 Å². The van der Waals surface area contributed by atoms with Gasteiger partial charge in [-0.05, 0) is 50.6 Å². The van der Waals surface area contributed by atoms with E-state index in [2.05, 4.69) is 16.4 Å². The van der Waals surface area contributed by atoms with Crippen molar-refractivity contribution in [3.8, 4) is 11.9 Å². The standard InChI is InChI=1S/C16H18N4O/c1-10(2)21-16-13(18)6-7-15(20-16)19-14-8-12(9-17)5-4-11(14)3/h4-8,10H,18H2,1-3H3,(H,19,20). The summed E-state index contributed by atoms with van der Waals surface area (Å²) in [5.74, 6) is 1.03. The van der Waals surface area contributed by atoms with Gasteiger partial charge in [0, 0.05) is 5.69 Å². The fraction of sp³-hybridized carbons (Fsp3) is 0.250. The molecule has 1 aromatic heterocycles. The summed E-state index contributed by atoms with van der Waals surface area (Å²) < 4.78 is 5.57. The minimum Gasteiger partial charge on any atom is -0.473 e. The van der Waals surface area contributed by atoms with E-state index in [1.807, 2.05) is 26.8 Å². The Morgan fingerprint density at radius 3 is 2.71 bits per heavy atom. The predicted molar refractivity (Wildman–Crippen MR) is 83.6 cm³/mol. The molecular weight excluding hydrogens is 264 g/mol. The zero-order valence-corrected chi connectivity index (χ0v) is 12.3. The first-order valence-electron chi connectivity index (χ1n) is 6.70. The first-order valence-corrected chi connectivity index (χ1v) is 6.70. The van der Waals surface area contributed by atoms with Crippen LogP contribution in [-0.4, -0.2) is 11.1 Å². The third-order valence-corrected chi connectivity index (χ3v) is 2.87. The van der Waals surface area contributed by atoms with Crippen molar-refractivity contribution in [2.75, 3.05) is 11.1 Å². The first kappa shape index (κ1) is 14.7. The lowest BCUT2D eigenvalue weighted by Gasteiger charge is -2.14. The number of anilines is 3. The van der Waals surface area contributed by atoms with Crippen LogP contribution in [0.5, 0.6) is 5.88 Å². The van der Waals surface area contributed by atoms with Crippen LogP contribution in [0.2, 0.25) is 0 Å². The number of nitriles is 1. The Bertz CT molecular complexity index is 689. The number of ether oxygens (including phenoxy) is 1. The Labute approximate surface area is 124 Å². The Hall–Kier alpha value is -2.74. The molecule has 5 nitrogen and oxygen atoms in total. The molecule has 0 radical (unpaired) electrons. The van der Waals surface area contributed by atoms with Crippen molar-refractivity contribution < 1.29 is 4.74 Å². The van der Waals surface area contributed by atoms with E-state index in [0.717, 1.165) is 11.3 Å². The molecule has 5 heteroatoms. The number of rotatable bonds is 4. The van der Waals surface area contributed by atoms with Crippen molar-refractivity contribution in [1.29, 1.82) is 5.26 Å². The van der Waals surface area contributed by atoms with Crippen molar-refractivity contribution in [2.24, 2.45) is 0 Å². The molecule has 3 N–H and O–H groups in total. The molecule has 21 heavy (non-hydrogen) atoms. The highest BCUT2D eigenvalue weighted by molar-refractivity contribution is 5.64. The molecule has 0 amide bonds. The zero-order valence-electron chi connectivity index (χ0n) is 12.3. The van der Waals surface area contributed by atoms with E-state index in [1.165, 1.54) is 0 Å².